The molecule has 24 heavy (non-hydrogen) atoms. The standard InChI is InChI=1S/C18H19F3N2O/c1-23(14-8-3-2-4-9-14)13-7-12-22-17(24)15-10-5-6-11-16(15)18(19,20)21/h2-6,8-11H,7,12-13H2,1H3,(H,22,24). The normalized spacial score (nSPS) is 11.2. The Morgan fingerprint density at radius 1 is 1.04 bits per heavy atom. The van der Waals surface area contributed by atoms with Crippen LogP contribution in [0.25, 0.3) is 0 Å². The van der Waals surface area contributed by atoms with Gasteiger partial charge in [-0.3, -0.25) is 4.79 Å². The van der Waals surface area contributed by atoms with Gasteiger partial charge in [0.1, 0.15) is 0 Å². The SMILES string of the molecule is CN(CCCNC(=O)c1ccccc1C(F)(F)F)c1ccccc1. The number of carbonyl (C=O) groups excluding carboxylic acids is 1. The van der Waals surface area contributed by atoms with Crippen LogP contribution in [0.15, 0.2) is 54.6 Å². The number of benzene rings is 2. The van der Waals surface area contributed by atoms with E-state index >= 15 is 0 Å². The van der Waals surface area contributed by atoms with Crippen LogP contribution in [-0.2, 0) is 6.18 Å². The number of carbonyl (C=O) groups is 1. The lowest BCUT2D eigenvalue weighted by Gasteiger charge is -2.19. The molecule has 0 aliphatic carbocycles. The van der Waals surface area contributed by atoms with Crippen molar-refractivity contribution in [1.82, 2.24) is 5.32 Å². The Bertz CT molecular complexity index is 671. The molecule has 0 aliphatic rings. The number of nitrogens with zero attached hydrogens (tertiary/aromatic N) is 1. The summed E-state index contributed by atoms with van der Waals surface area (Å²) in [5.41, 5.74) is -0.212. The van der Waals surface area contributed by atoms with Gasteiger partial charge >= 0.3 is 6.18 Å². The first-order valence-corrected chi connectivity index (χ1v) is 7.60. The fourth-order valence-corrected chi connectivity index (χ4v) is 2.35. The number of halogens is 3. The van der Waals surface area contributed by atoms with Gasteiger partial charge in [-0.05, 0) is 30.7 Å². The largest absolute Gasteiger partial charge is 0.417 e. The maximum Gasteiger partial charge on any atom is 0.417 e. The molecule has 0 fully saturated rings. The van der Waals surface area contributed by atoms with Crippen molar-refractivity contribution in [3.05, 3.63) is 65.7 Å². The lowest BCUT2D eigenvalue weighted by Crippen LogP contribution is -2.29. The minimum absolute atomic E-state index is 0.308. The van der Waals surface area contributed by atoms with Crippen LogP contribution in [0.5, 0.6) is 0 Å². The average Bonchev–Trinajstić information content (AvgIpc) is 2.58. The molecule has 2 rings (SSSR count). The number of alkyl halides is 3. The maximum atomic E-state index is 12.9. The number of para-hydroxylation sites is 1. The number of amides is 1. The molecule has 0 spiro atoms. The topological polar surface area (TPSA) is 32.3 Å². The predicted octanol–water partition coefficient (Wildman–Crippen LogP) is 3.96. The minimum atomic E-state index is -4.54. The van der Waals surface area contributed by atoms with Crippen molar-refractivity contribution < 1.29 is 18.0 Å². The lowest BCUT2D eigenvalue weighted by atomic mass is 10.1. The molecular formula is C18H19F3N2O. The van der Waals surface area contributed by atoms with Gasteiger partial charge < -0.3 is 10.2 Å². The zero-order valence-corrected chi connectivity index (χ0v) is 13.3. The summed E-state index contributed by atoms with van der Waals surface area (Å²) in [4.78, 5) is 14.0. The zero-order valence-electron chi connectivity index (χ0n) is 13.3. The van der Waals surface area contributed by atoms with Crippen LogP contribution in [0.2, 0.25) is 0 Å². The number of anilines is 1. The molecule has 1 amide bonds. The molecule has 0 aliphatic heterocycles. The lowest BCUT2D eigenvalue weighted by molar-refractivity contribution is -0.137. The third-order valence-corrected chi connectivity index (χ3v) is 3.63. The van der Waals surface area contributed by atoms with Crippen molar-refractivity contribution in [2.75, 3.05) is 25.0 Å². The molecule has 0 aromatic heterocycles. The molecule has 0 radical (unpaired) electrons. The smallest absolute Gasteiger partial charge is 0.375 e. The summed E-state index contributed by atoms with van der Waals surface area (Å²) in [7, 11) is 1.93. The molecule has 0 saturated carbocycles. The summed E-state index contributed by atoms with van der Waals surface area (Å²) < 4.78 is 38.7. The average molecular weight is 336 g/mol. The molecule has 0 unspecified atom stereocenters. The van der Waals surface area contributed by atoms with Gasteiger partial charge in [0.15, 0.2) is 0 Å². The van der Waals surface area contributed by atoms with E-state index in [1.54, 1.807) is 0 Å². The second-order valence-corrected chi connectivity index (χ2v) is 5.41. The van der Waals surface area contributed by atoms with Crippen LogP contribution in [0.3, 0.4) is 0 Å². The first-order valence-electron chi connectivity index (χ1n) is 7.60. The van der Waals surface area contributed by atoms with E-state index in [4.69, 9.17) is 0 Å². The van der Waals surface area contributed by atoms with E-state index in [9.17, 15) is 18.0 Å². The van der Waals surface area contributed by atoms with E-state index in [-0.39, 0.29) is 5.56 Å². The number of hydrogen-bond donors (Lipinski definition) is 1. The summed E-state index contributed by atoms with van der Waals surface area (Å²) in [5.74, 6) is -0.703. The van der Waals surface area contributed by atoms with E-state index in [0.29, 0.717) is 19.5 Å². The monoisotopic (exact) mass is 336 g/mol. The van der Waals surface area contributed by atoms with Crippen molar-refractivity contribution in [1.29, 1.82) is 0 Å². The van der Waals surface area contributed by atoms with Gasteiger partial charge in [-0.25, -0.2) is 0 Å². The molecule has 2 aromatic carbocycles. The van der Waals surface area contributed by atoms with E-state index in [1.807, 2.05) is 42.3 Å². The molecule has 128 valence electrons. The zero-order chi connectivity index (χ0) is 17.6. The Kier molecular flexibility index (Phi) is 5.84. The highest BCUT2D eigenvalue weighted by Crippen LogP contribution is 2.31. The van der Waals surface area contributed by atoms with E-state index in [0.717, 1.165) is 11.8 Å². The van der Waals surface area contributed by atoms with Crippen LogP contribution < -0.4 is 10.2 Å². The van der Waals surface area contributed by atoms with Crippen LogP contribution in [-0.4, -0.2) is 26.0 Å². The molecule has 1 N–H and O–H groups in total. The Hall–Kier alpha value is -2.50. The Labute approximate surface area is 139 Å². The highest BCUT2D eigenvalue weighted by molar-refractivity contribution is 5.95. The molecular weight excluding hydrogens is 317 g/mol. The van der Waals surface area contributed by atoms with E-state index in [2.05, 4.69) is 5.32 Å². The number of hydrogen-bond acceptors (Lipinski definition) is 2. The fourth-order valence-electron chi connectivity index (χ4n) is 2.35. The molecule has 0 saturated heterocycles. The molecule has 0 heterocycles. The second kappa shape index (κ2) is 7.86. The summed E-state index contributed by atoms with van der Waals surface area (Å²) in [5, 5.41) is 2.55. The van der Waals surface area contributed by atoms with Gasteiger partial charge in [-0.15, -0.1) is 0 Å². The maximum absolute atomic E-state index is 12.9. The summed E-state index contributed by atoms with van der Waals surface area (Å²) in [6.45, 7) is 0.993. The van der Waals surface area contributed by atoms with Crippen LogP contribution in [0.1, 0.15) is 22.3 Å². The van der Waals surface area contributed by atoms with Gasteiger partial charge in [0, 0.05) is 25.8 Å². The van der Waals surface area contributed by atoms with Crippen molar-refractivity contribution >= 4 is 11.6 Å². The van der Waals surface area contributed by atoms with Crippen LogP contribution in [0.4, 0.5) is 18.9 Å². The quantitative estimate of drug-likeness (QED) is 0.810. The van der Waals surface area contributed by atoms with Gasteiger partial charge in [0.05, 0.1) is 11.1 Å². The summed E-state index contributed by atoms with van der Waals surface area (Å²) in [6.07, 6.45) is -3.91. The molecule has 0 bridgehead atoms. The summed E-state index contributed by atoms with van der Waals surface area (Å²) in [6, 6.07) is 14.5. The first kappa shape index (κ1) is 17.8. The van der Waals surface area contributed by atoms with Gasteiger partial charge in [0.2, 0.25) is 0 Å². The van der Waals surface area contributed by atoms with E-state index < -0.39 is 17.6 Å². The van der Waals surface area contributed by atoms with Gasteiger partial charge in [-0.1, -0.05) is 30.3 Å². The molecule has 6 heteroatoms. The summed E-state index contributed by atoms with van der Waals surface area (Å²) >= 11 is 0. The fraction of sp³-hybridized carbons (Fsp3) is 0.278. The highest BCUT2D eigenvalue weighted by Gasteiger charge is 2.34. The molecule has 2 aromatic rings. The van der Waals surface area contributed by atoms with Crippen LogP contribution >= 0.6 is 0 Å². The number of rotatable bonds is 6. The van der Waals surface area contributed by atoms with Crippen molar-refractivity contribution in [3.8, 4) is 0 Å². The minimum Gasteiger partial charge on any atom is -0.375 e. The molecule has 0 atom stereocenters. The van der Waals surface area contributed by atoms with Gasteiger partial charge in [0.25, 0.3) is 5.91 Å². The van der Waals surface area contributed by atoms with Crippen molar-refractivity contribution in [2.45, 2.75) is 12.6 Å². The first-order chi connectivity index (χ1) is 11.4. The Balaban J connectivity index is 1.86. The highest BCUT2D eigenvalue weighted by atomic mass is 19.4. The van der Waals surface area contributed by atoms with Crippen LogP contribution in [0, 0.1) is 0 Å². The third-order valence-electron chi connectivity index (χ3n) is 3.63. The van der Waals surface area contributed by atoms with E-state index in [1.165, 1.54) is 18.2 Å². The Morgan fingerprint density at radius 3 is 2.33 bits per heavy atom. The van der Waals surface area contributed by atoms with Crippen molar-refractivity contribution in [2.24, 2.45) is 0 Å². The second-order valence-electron chi connectivity index (χ2n) is 5.41. The number of nitrogens with one attached hydrogen (secondary N) is 1. The molecule has 3 nitrogen and oxygen atoms in total. The van der Waals surface area contributed by atoms with Gasteiger partial charge in [-0.2, -0.15) is 13.2 Å². The Morgan fingerprint density at radius 2 is 1.67 bits per heavy atom. The predicted molar refractivity (Wildman–Crippen MR) is 88.1 cm³/mol. The third kappa shape index (κ3) is 4.75. The van der Waals surface area contributed by atoms with Crippen molar-refractivity contribution in [3.63, 3.8) is 0 Å².